The monoisotopic (exact) mass is 389 g/mol. The Balaban J connectivity index is 1.59. The molecular weight excluding hydrogens is 366 g/mol. The number of anilines is 1. The number of aromatic nitrogens is 2. The fraction of sp³-hybridized carbons (Fsp3) is 0.261. The predicted molar refractivity (Wildman–Crippen MR) is 112 cm³/mol. The molecular formula is C23H23N3O3. The van der Waals surface area contributed by atoms with Gasteiger partial charge in [0.1, 0.15) is 5.58 Å². The van der Waals surface area contributed by atoms with Crippen molar-refractivity contribution in [1.29, 1.82) is 0 Å². The third-order valence-electron chi connectivity index (χ3n) is 4.98. The molecule has 6 heteroatoms. The number of carbonyl (C=O) groups is 1. The van der Waals surface area contributed by atoms with Crippen LogP contribution in [0, 0.1) is 13.8 Å². The number of amides is 1. The van der Waals surface area contributed by atoms with Crippen LogP contribution in [-0.4, -0.2) is 16.0 Å². The molecule has 148 valence electrons. The van der Waals surface area contributed by atoms with E-state index in [2.05, 4.69) is 42.3 Å². The maximum absolute atomic E-state index is 12.8. The zero-order valence-corrected chi connectivity index (χ0v) is 16.9. The SMILES string of the molecule is Cc1nc(-c2ccccc2NC(=O)Cc2coc3cc(C)c(C(C)C)cc23)no1. The minimum absolute atomic E-state index is 0.132. The smallest absolute Gasteiger partial charge is 0.228 e. The summed E-state index contributed by atoms with van der Waals surface area (Å²) < 4.78 is 10.8. The van der Waals surface area contributed by atoms with Gasteiger partial charge in [0, 0.05) is 23.4 Å². The molecule has 0 spiro atoms. The largest absolute Gasteiger partial charge is 0.464 e. The van der Waals surface area contributed by atoms with Crippen LogP contribution in [-0.2, 0) is 11.2 Å². The quantitative estimate of drug-likeness (QED) is 0.494. The van der Waals surface area contributed by atoms with E-state index >= 15 is 0 Å². The lowest BCUT2D eigenvalue weighted by Crippen LogP contribution is -2.15. The van der Waals surface area contributed by atoms with Crippen molar-refractivity contribution < 1.29 is 13.7 Å². The summed E-state index contributed by atoms with van der Waals surface area (Å²) in [6.07, 6.45) is 1.88. The molecule has 0 radical (unpaired) electrons. The molecule has 0 aliphatic rings. The summed E-state index contributed by atoms with van der Waals surface area (Å²) >= 11 is 0. The number of carbonyl (C=O) groups excluding carboxylic acids is 1. The Kier molecular flexibility index (Phi) is 4.92. The van der Waals surface area contributed by atoms with E-state index in [0.717, 1.165) is 16.5 Å². The van der Waals surface area contributed by atoms with Gasteiger partial charge in [0.25, 0.3) is 0 Å². The predicted octanol–water partition coefficient (Wildman–Crippen LogP) is 5.40. The summed E-state index contributed by atoms with van der Waals surface area (Å²) in [7, 11) is 0. The Bertz CT molecular complexity index is 1190. The number of hydrogen-bond acceptors (Lipinski definition) is 5. The molecule has 0 saturated carbocycles. The molecule has 4 rings (SSSR count). The molecule has 0 fully saturated rings. The van der Waals surface area contributed by atoms with Crippen molar-refractivity contribution in [3.63, 3.8) is 0 Å². The Labute approximate surface area is 168 Å². The Hall–Kier alpha value is -3.41. The fourth-order valence-electron chi connectivity index (χ4n) is 3.57. The molecule has 0 aliphatic heterocycles. The van der Waals surface area contributed by atoms with Crippen LogP contribution in [0.1, 0.15) is 42.3 Å². The number of para-hydroxylation sites is 1. The van der Waals surface area contributed by atoms with Crippen LogP contribution in [0.3, 0.4) is 0 Å². The zero-order valence-electron chi connectivity index (χ0n) is 16.9. The molecule has 0 atom stereocenters. The lowest BCUT2D eigenvalue weighted by Gasteiger charge is -2.10. The van der Waals surface area contributed by atoms with E-state index in [9.17, 15) is 4.79 Å². The van der Waals surface area contributed by atoms with Crippen molar-refractivity contribution in [1.82, 2.24) is 10.1 Å². The molecule has 0 saturated heterocycles. The lowest BCUT2D eigenvalue weighted by atomic mass is 9.95. The lowest BCUT2D eigenvalue weighted by molar-refractivity contribution is -0.115. The summed E-state index contributed by atoms with van der Waals surface area (Å²) in [4.78, 5) is 17.0. The van der Waals surface area contributed by atoms with Crippen LogP contribution in [0.5, 0.6) is 0 Å². The highest BCUT2D eigenvalue weighted by Gasteiger charge is 2.16. The number of nitrogens with zero attached hydrogens (tertiary/aromatic N) is 2. The van der Waals surface area contributed by atoms with Gasteiger partial charge < -0.3 is 14.3 Å². The van der Waals surface area contributed by atoms with Crippen molar-refractivity contribution in [3.8, 4) is 11.4 Å². The number of hydrogen-bond donors (Lipinski definition) is 1. The van der Waals surface area contributed by atoms with Gasteiger partial charge in [-0.1, -0.05) is 31.1 Å². The summed E-state index contributed by atoms with van der Waals surface area (Å²) in [6, 6.07) is 11.6. The maximum atomic E-state index is 12.8. The van der Waals surface area contributed by atoms with E-state index in [4.69, 9.17) is 8.94 Å². The molecule has 6 nitrogen and oxygen atoms in total. The highest BCUT2D eigenvalue weighted by atomic mass is 16.5. The summed E-state index contributed by atoms with van der Waals surface area (Å²) in [5.41, 5.74) is 5.49. The van der Waals surface area contributed by atoms with Gasteiger partial charge in [-0.05, 0) is 48.2 Å². The van der Waals surface area contributed by atoms with Crippen LogP contribution in [0.4, 0.5) is 5.69 Å². The van der Waals surface area contributed by atoms with Crippen LogP contribution >= 0.6 is 0 Å². The number of furan rings is 1. The third kappa shape index (κ3) is 3.78. The van der Waals surface area contributed by atoms with Gasteiger partial charge >= 0.3 is 0 Å². The first kappa shape index (κ1) is 18.9. The molecule has 2 aromatic carbocycles. The van der Waals surface area contributed by atoms with Crippen molar-refractivity contribution in [2.45, 2.75) is 40.0 Å². The van der Waals surface area contributed by atoms with E-state index in [0.29, 0.717) is 28.9 Å². The van der Waals surface area contributed by atoms with Crippen LogP contribution < -0.4 is 5.32 Å². The number of rotatable bonds is 5. The van der Waals surface area contributed by atoms with Crippen molar-refractivity contribution in [2.24, 2.45) is 0 Å². The molecule has 0 bridgehead atoms. The van der Waals surface area contributed by atoms with Crippen LogP contribution in [0.15, 0.2) is 51.6 Å². The second kappa shape index (κ2) is 7.54. The highest BCUT2D eigenvalue weighted by molar-refractivity contribution is 5.98. The Morgan fingerprint density at radius 2 is 1.97 bits per heavy atom. The normalized spacial score (nSPS) is 11.3. The first-order valence-electron chi connectivity index (χ1n) is 9.62. The van der Waals surface area contributed by atoms with Gasteiger partial charge in [-0.3, -0.25) is 4.79 Å². The summed E-state index contributed by atoms with van der Waals surface area (Å²) in [5.74, 6) is 1.19. The molecule has 29 heavy (non-hydrogen) atoms. The van der Waals surface area contributed by atoms with Crippen molar-refractivity contribution >= 4 is 22.6 Å². The van der Waals surface area contributed by atoms with E-state index in [1.165, 1.54) is 11.1 Å². The van der Waals surface area contributed by atoms with E-state index in [1.807, 2.05) is 30.3 Å². The number of benzene rings is 2. The molecule has 2 heterocycles. The standard InChI is InChI=1S/C23H23N3O3/c1-13(2)18-11-19-16(12-28-21(19)9-14(18)3)10-22(27)25-20-8-6-5-7-17(20)23-24-15(4)29-26-23/h5-9,11-13H,10H2,1-4H3,(H,25,27). The minimum Gasteiger partial charge on any atom is -0.464 e. The van der Waals surface area contributed by atoms with E-state index < -0.39 is 0 Å². The second-order valence-corrected chi connectivity index (χ2v) is 7.53. The van der Waals surface area contributed by atoms with Crippen LogP contribution in [0.25, 0.3) is 22.4 Å². The number of fused-ring (bicyclic) bond motifs is 1. The fourth-order valence-corrected chi connectivity index (χ4v) is 3.57. The summed E-state index contributed by atoms with van der Waals surface area (Å²) in [5, 5.41) is 7.90. The number of nitrogens with one attached hydrogen (secondary N) is 1. The van der Waals surface area contributed by atoms with Gasteiger partial charge in [0.2, 0.25) is 17.6 Å². The Morgan fingerprint density at radius 1 is 1.17 bits per heavy atom. The highest BCUT2D eigenvalue weighted by Crippen LogP contribution is 2.30. The van der Waals surface area contributed by atoms with Gasteiger partial charge in [0.05, 0.1) is 18.4 Å². The van der Waals surface area contributed by atoms with Gasteiger partial charge in [0.15, 0.2) is 0 Å². The molecule has 1 N–H and O–H groups in total. The number of aryl methyl sites for hydroxylation is 2. The van der Waals surface area contributed by atoms with Gasteiger partial charge in [-0.2, -0.15) is 4.98 Å². The second-order valence-electron chi connectivity index (χ2n) is 7.53. The minimum atomic E-state index is -0.132. The molecule has 1 amide bonds. The Morgan fingerprint density at radius 3 is 2.69 bits per heavy atom. The third-order valence-corrected chi connectivity index (χ3v) is 4.98. The van der Waals surface area contributed by atoms with Gasteiger partial charge in [-0.25, -0.2) is 0 Å². The molecule has 2 aromatic heterocycles. The van der Waals surface area contributed by atoms with E-state index in [1.54, 1.807) is 13.2 Å². The van der Waals surface area contributed by atoms with Gasteiger partial charge in [-0.15, -0.1) is 0 Å². The molecule has 4 aromatic rings. The zero-order chi connectivity index (χ0) is 20.5. The average molecular weight is 389 g/mol. The van der Waals surface area contributed by atoms with Crippen molar-refractivity contribution in [3.05, 3.63) is 65.2 Å². The van der Waals surface area contributed by atoms with Crippen LogP contribution in [0.2, 0.25) is 0 Å². The maximum Gasteiger partial charge on any atom is 0.228 e. The van der Waals surface area contributed by atoms with E-state index in [-0.39, 0.29) is 12.3 Å². The topological polar surface area (TPSA) is 81.2 Å². The van der Waals surface area contributed by atoms with Crippen molar-refractivity contribution in [2.75, 3.05) is 5.32 Å². The molecule has 0 aliphatic carbocycles. The first-order valence-corrected chi connectivity index (χ1v) is 9.62. The average Bonchev–Trinajstić information content (AvgIpc) is 3.27. The first-order chi connectivity index (χ1) is 13.9. The summed E-state index contributed by atoms with van der Waals surface area (Å²) in [6.45, 7) is 8.14. The molecule has 0 unspecified atom stereocenters.